The summed E-state index contributed by atoms with van der Waals surface area (Å²) in [5.74, 6) is 0.916. The predicted molar refractivity (Wildman–Crippen MR) is 60.8 cm³/mol. The lowest BCUT2D eigenvalue weighted by molar-refractivity contribution is 0.355. The van der Waals surface area contributed by atoms with E-state index in [4.69, 9.17) is 0 Å². The van der Waals surface area contributed by atoms with Crippen molar-refractivity contribution in [3.63, 3.8) is 0 Å². The summed E-state index contributed by atoms with van der Waals surface area (Å²) in [6, 6.07) is 0. The van der Waals surface area contributed by atoms with Crippen LogP contribution in [0.4, 0.5) is 0 Å². The third-order valence-electron chi connectivity index (χ3n) is 2.56. The molecular weight excluding hydrogens is 158 g/mol. The van der Waals surface area contributed by atoms with Gasteiger partial charge in [0, 0.05) is 18.8 Å². The maximum Gasteiger partial charge on any atom is 0.0177 e. The molecule has 1 aliphatic heterocycles. The van der Waals surface area contributed by atoms with Gasteiger partial charge in [0.1, 0.15) is 0 Å². The Morgan fingerprint density at radius 2 is 1.85 bits per heavy atom. The Morgan fingerprint density at radius 3 is 2.38 bits per heavy atom. The fourth-order valence-corrected chi connectivity index (χ4v) is 1.64. The fraction of sp³-hybridized carbons (Fsp3) is 0.833. The number of likely N-dealkylation sites (tertiary alicyclic amines) is 1. The van der Waals surface area contributed by atoms with E-state index < -0.39 is 0 Å². The van der Waals surface area contributed by atoms with Crippen LogP contribution in [-0.2, 0) is 0 Å². The zero-order chi connectivity index (χ0) is 10.3. The summed E-state index contributed by atoms with van der Waals surface area (Å²) in [7, 11) is 0. The molecule has 0 N–H and O–H groups in total. The molecule has 1 saturated heterocycles. The van der Waals surface area contributed by atoms with Crippen molar-refractivity contribution in [2.75, 3.05) is 13.1 Å². The Morgan fingerprint density at radius 1 is 1.23 bits per heavy atom. The first-order chi connectivity index (χ1) is 6.20. The molecule has 0 aliphatic carbocycles. The van der Waals surface area contributed by atoms with Crippen molar-refractivity contribution < 1.29 is 0 Å². The van der Waals surface area contributed by atoms with Crippen LogP contribution in [0.5, 0.6) is 0 Å². The molecule has 1 nitrogen and oxygen atoms in total. The van der Waals surface area contributed by atoms with E-state index in [2.05, 4.69) is 25.3 Å². The van der Waals surface area contributed by atoms with Crippen molar-refractivity contribution in [1.82, 2.24) is 4.90 Å². The van der Waals surface area contributed by atoms with Crippen molar-refractivity contribution in [3.05, 3.63) is 12.3 Å². The number of nitrogens with zero attached hydrogens (tertiary/aromatic N) is 1. The quantitative estimate of drug-likeness (QED) is 0.599. The van der Waals surface area contributed by atoms with E-state index in [0.29, 0.717) is 0 Å². The van der Waals surface area contributed by atoms with E-state index in [1.165, 1.54) is 38.0 Å². The van der Waals surface area contributed by atoms with Gasteiger partial charge in [0.2, 0.25) is 0 Å². The number of hydrogen-bond donors (Lipinski definition) is 0. The topological polar surface area (TPSA) is 3.24 Å². The molecule has 1 heterocycles. The van der Waals surface area contributed by atoms with E-state index in [0.717, 1.165) is 5.92 Å². The van der Waals surface area contributed by atoms with Crippen LogP contribution in [0.25, 0.3) is 0 Å². The molecule has 1 fully saturated rings. The highest BCUT2D eigenvalue weighted by molar-refractivity contribution is 4.89. The van der Waals surface area contributed by atoms with Crippen LogP contribution in [0.3, 0.4) is 0 Å². The molecule has 13 heavy (non-hydrogen) atoms. The van der Waals surface area contributed by atoms with E-state index in [1.54, 1.807) is 0 Å². The fourth-order valence-electron chi connectivity index (χ4n) is 1.64. The van der Waals surface area contributed by atoms with Gasteiger partial charge >= 0.3 is 0 Å². The van der Waals surface area contributed by atoms with Crippen LogP contribution in [0, 0.1) is 5.92 Å². The van der Waals surface area contributed by atoms with Crippen LogP contribution in [0.1, 0.15) is 47.0 Å². The third kappa shape index (κ3) is 4.97. The Balaban J connectivity index is 0.000000671. The van der Waals surface area contributed by atoms with Gasteiger partial charge in [-0.2, -0.15) is 0 Å². The predicted octanol–water partition coefficient (Wildman–Crippen LogP) is 3.67. The van der Waals surface area contributed by atoms with Crippen molar-refractivity contribution in [3.8, 4) is 0 Å². The SMILES string of the molecule is C=C(C)N1CCCC(C)CC1.CC. The van der Waals surface area contributed by atoms with Gasteiger partial charge in [-0.15, -0.1) is 0 Å². The van der Waals surface area contributed by atoms with Gasteiger partial charge in [0.25, 0.3) is 0 Å². The summed E-state index contributed by atoms with van der Waals surface area (Å²) in [6.45, 7) is 14.9. The summed E-state index contributed by atoms with van der Waals surface area (Å²) in [5.41, 5.74) is 1.24. The molecule has 1 heteroatoms. The van der Waals surface area contributed by atoms with Gasteiger partial charge in [-0.3, -0.25) is 0 Å². The standard InChI is InChI=1S/C10H19N.C2H6/c1-9(2)11-7-4-5-10(3)6-8-11;1-2/h10H,1,4-8H2,2-3H3;1-2H3. The van der Waals surface area contributed by atoms with Gasteiger partial charge < -0.3 is 4.90 Å². The van der Waals surface area contributed by atoms with Gasteiger partial charge in [-0.25, -0.2) is 0 Å². The maximum absolute atomic E-state index is 3.97. The monoisotopic (exact) mass is 183 g/mol. The molecule has 1 aliphatic rings. The van der Waals surface area contributed by atoms with E-state index in [9.17, 15) is 0 Å². The van der Waals surface area contributed by atoms with E-state index >= 15 is 0 Å². The molecular formula is C12H25N. The molecule has 0 aromatic heterocycles. The molecule has 0 bridgehead atoms. The zero-order valence-corrected chi connectivity index (χ0v) is 9.77. The molecule has 0 aromatic carbocycles. The van der Waals surface area contributed by atoms with Crippen LogP contribution in [0.2, 0.25) is 0 Å². The Hall–Kier alpha value is -0.460. The minimum absolute atomic E-state index is 0.916. The summed E-state index contributed by atoms with van der Waals surface area (Å²) in [6.07, 6.45) is 4.07. The molecule has 0 spiro atoms. The van der Waals surface area contributed by atoms with Crippen molar-refractivity contribution in [2.24, 2.45) is 5.92 Å². The van der Waals surface area contributed by atoms with Crippen LogP contribution >= 0.6 is 0 Å². The van der Waals surface area contributed by atoms with Gasteiger partial charge in [0.15, 0.2) is 0 Å². The molecule has 0 radical (unpaired) electrons. The smallest absolute Gasteiger partial charge is 0.0177 e. The summed E-state index contributed by atoms with van der Waals surface area (Å²) < 4.78 is 0. The molecule has 1 rings (SSSR count). The highest BCUT2D eigenvalue weighted by Crippen LogP contribution is 2.18. The number of hydrogen-bond acceptors (Lipinski definition) is 1. The van der Waals surface area contributed by atoms with E-state index in [1.807, 2.05) is 13.8 Å². The second-order valence-corrected chi connectivity index (χ2v) is 3.76. The van der Waals surface area contributed by atoms with Crippen molar-refractivity contribution >= 4 is 0 Å². The normalized spacial score (nSPS) is 22.8. The lowest BCUT2D eigenvalue weighted by atomic mass is 10.0. The number of rotatable bonds is 1. The molecule has 0 saturated carbocycles. The third-order valence-corrected chi connectivity index (χ3v) is 2.56. The Bertz CT molecular complexity index is 140. The lowest BCUT2D eigenvalue weighted by Crippen LogP contribution is -2.21. The second kappa shape index (κ2) is 6.99. The average molecular weight is 183 g/mol. The largest absolute Gasteiger partial charge is 0.376 e. The first-order valence-electron chi connectivity index (χ1n) is 5.60. The minimum atomic E-state index is 0.916. The van der Waals surface area contributed by atoms with Gasteiger partial charge in [-0.05, 0) is 32.1 Å². The highest BCUT2D eigenvalue weighted by atomic mass is 15.1. The summed E-state index contributed by atoms with van der Waals surface area (Å²) in [4.78, 5) is 2.41. The Labute approximate surface area is 83.8 Å². The average Bonchev–Trinajstić information content (AvgIpc) is 2.33. The summed E-state index contributed by atoms with van der Waals surface area (Å²) >= 11 is 0. The van der Waals surface area contributed by atoms with Crippen LogP contribution in [0.15, 0.2) is 12.3 Å². The maximum atomic E-state index is 3.97. The van der Waals surface area contributed by atoms with Gasteiger partial charge in [0.05, 0.1) is 0 Å². The van der Waals surface area contributed by atoms with Crippen molar-refractivity contribution in [1.29, 1.82) is 0 Å². The highest BCUT2D eigenvalue weighted by Gasteiger charge is 2.12. The molecule has 0 aromatic rings. The molecule has 1 atom stereocenters. The second-order valence-electron chi connectivity index (χ2n) is 3.76. The van der Waals surface area contributed by atoms with Crippen LogP contribution < -0.4 is 0 Å². The number of allylic oxidation sites excluding steroid dienone is 1. The molecule has 78 valence electrons. The van der Waals surface area contributed by atoms with E-state index in [-0.39, 0.29) is 0 Å². The first kappa shape index (κ1) is 12.5. The first-order valence-corrected chi connectivity index (χ1v) is 5.60. The van der Waals surface area contributed by atoms with Crippen LogP contribution in [-0.4, -0.2) is 18.0 Å². The van der Waals surface area contributed by atoms with Gasteiger partial charge in [-0.1, -0.05) is 27.4 Å². The van der Waals surface area contributed by atoms with Crippen molar-refractivity contribution in [2.45, 2.75) is 47.0 Å². The minimum Gasteiger partial charge on any atom is -0.376 e. The lowest BCUT2D eigenvalue weighted by Gasteiger charge is -2.22. The molecule has 1 unspecified atom stereocenters. The molecule has 0 amide bonds. The summed E-state index contributed by atoms with van der Waals surface area (Å²) in [5, 5.41) is 0. The Kier molecular flexibility index (Phi) is 6.75. The zero-order valence-electron chi connectivity index (χ0n) is 9.77.